The Kier molecular flexibility index (Phi) is 32.6. The van der Waals surface area contributed by atoms with E-state index in [1.165, 1.54) is 13.2 Å². The number of nitrogens with zero attached hydrogens (tertiary/aromatic N) is 2. The van der Waals surface area contributed by atoms with Crippen LogP contribution in [-0.4, -0.2) is 277 Å². The Morgan fingerprint density at radius 2 is 0.608 bits per heavy atom. The normalized spacial score (nSPS) is 25.6. The number of aromatic nitrogens is 2. The summed E-state index contributed by atoms with van der Waals surface area (Å²) in [7, 11) is 1.32. The van der Waals surface area contributed by atoms with Crippen LogP contribution in [-0.2, 0) is 23.7 Å². The van der Waals surface area contributed by atoms with Gasteiger partial charge in [0, 0.05) is 35.4 Å². The summed E-state index contributed by atoms with van der Waals surface area (Å²) in [5.74, 6) is -0.350. The van der Waals surface area contributed by atoms with Crippen molar-refractivity contribution in [1.82, 2.24) is 9.97 Å². The Morgan fingerprint density at radius 3 is 0.896 bits per heavy atom. The molecular formula is C91H98N4O30. The summed E-state index contributed by atoms with van der Waals surface area (Å²) in [4.78, 5) is 56.0. The SMILES string of the molecule is COC(=O)c1cccc(-c2ccc(OC3OC(CO)C(O)C(O)C3O)c(C)c2)c1.Cc1cc(-c2cccc(C(=O)Nc3cccnc3)c2)ccc1OC1OC(CO)C(O)C(O)C1O.Cc1cc(-c2cccc(C(=O)Nc3ccncc3)c2)ccc1OC1OC(CO)C(O)C(O)C1O.Cc1cc(-c2cccc(C(=O)O)c2)ccc1OC1OC(CO)C(O)C(O)C1O. The lowest BCUT2D eigenvalue weighted by Gasteiger charge is -2.39. The summed E-state index contributed by atoms with van der Waals surface area (Å²) in [6, 6.07) is 56.0. The first-order valence-electron chi connectivity index (χ1n) is 39.4. The minimum Gasteiger partial charge on any atom is -0.478 e. The molecule has 4 aliphatic rings. The fourth-order valence-electron chi connectivity index (χ4n) is 13.7. The number of rotatable bonds is 22. The molecule has 2 aromatic heterocycles. The van der Waals surface area contributed by atoms with Crippen LogP contribution in [0.3, 0.4) is 0 Å². The zero-order chi connectivity index (χ0) is 90.0. The highest BCUT2D eigenvalue weighted by molar-refractivity contribution is 6.05. The zero-order valence-electron chi connectivity index (χ0n) is 68.0. The van der Waals surface area contributed by atoms with Gasteiger partial charge >= 0.3 is 11.9 Å². The molecule has 14 rings (SSSR count). The van der Waals surface area contributed by atoms with E-state index in [0.717, 1.165) is 61.2 Å². The maximum atomic E-state index is 12.6. The van der Waals surface area contributed by atoms with E-state index in [1.807, 2.05) is 50.2 Å². The highest BCUT2D eigenvalue weighted by atomic mass is 16.7. The van der Waals surface area contributed by atoms with Crippen LogP contribution in [0.25, 0.3) is 44.5 Å². The van der Waals surface area contributed by atoms with Gasteiger partial charge in [0.25, 0.3) is 11.8 Å². The Bertz CT molecular complexity index is 5100. The molecule has 125 heavy (non-hydrogen) atoms. The number of esters is 1. The van der Waals surface area contributed by atoms with Gasteiger partial charge in [-0.3, -0.25) is 19.6 Å². The lowest BCUT2D eigenvalue weighted by Crippen LogP contribution is -2.60. The quantitative estimate of drug-likeness (QED) is 0.0424. The summed E-state index contributed by atoms with van der Waals surface area (Å²) in [6.07, 6.45) is -20.7. The van der Waals surface area contributed by atoms with Gasteiger partial charge in [0.05, 0.1) is 56.5 Å². The first-order valence-corrected chi connectivity index (χ1v) is 39.4. The number of pyridine rings is 2. The van der Waals surface area contributed by atoms with Gasteiger partial charge in [-0.05, 0) is 216 Å². The van der Waals surface area contributed by atoms with Gasteiger partial charge in [0.2, 0.25) is 25.2 Å². The van der Waals surface area contributed by atoms with E-state index in [1.54, 1.807) is 190 Å². The number of aryl methyl sites for hydroxylation is 4. The number of hydrogen-bond acceptors (Lipinski definition) is 31. The van der Waals surface area contributed by atoms with Crippen molar-refractivity contribution < 1.29 is 149 Å². The van der Waals surface area contributed by atoms with Crippen LogP contribution in [0.5, 0.6) is 23.0 Å². The van der Waals surface area contributed by atoms with E-state index >= 15 is 0 Å². The summed E-state index contributed by atoms with van der Waals surface area (Å²) in [6.45, 7) is 5.05. The van der Waals surface area contributed by atoms with E-state index < -0.39 is 161 Å². The number of methoxy groups -OCH3 is 1. The maximum Gasteiger partial charge on any atom is 0.337 e. The molecule has 34 heteroatoms. The van der Waals surface area contributed by atoms with Gasteiger partial charge in [0.15, 0.2) is 0 Å². The van der Waals surface area contributed by atoms with Gasteiger partial charge in [-0.15, -0.1) is 0 Å². The van der Waals surface area contributed by atoms with Gasteiger partial charge in [0.1, 0.15) is 121 Å². The van der Waals surface area contributed by atoms with Crippen LogP contribution in [0, 0.1) is 27.7 Å². The average Bonchev–Trinajstić information content (AvgIpc) is 0.809. The number of anilines is 2. The third-order valence-corrected chi connectivity index (χ3v) is 20.9. The second-order valence-corrected chi connectivity index (χ2v) is 29.7. The van der Waals surface area contributed by atoms with Crippen molar-refractivity contribution in [2.75, 3.05) is 44.2 Å². The molecule has 6 heterocycles. The number of aromatic carboxylic acids is 1. The highest BCUT2D eigenvalue weighted by Gasteiger charge is 2.49. The second-order valence-electron chi connectivity index (χ2n) is 29.7. The number of aliphatic hydroxyl groups is 16. The Morgan fingerprint density at radius 1 is 0.320 bits per heavy atom. The molecule has 34 nitrogen and oxygen atoms in total. The zero-order valence-corrected chi connectivity index (χ0v) is 68.0. The predicted octanol–water partition coefficient (Wildman–Crippen LogP) is 4.14. The topological polar surface area (TPSA) is 545 Å². The van der Waals surface area contributed by atoms with Crippen molar-refractivity contribution in [2.45, 2.75) is 151 Å². The van der Waals surface area contributed by atoms with Crippen molar-refractivity contribution in [3.63, 3.8) is 0 Å². The third kappa shape index (κ3) is 23.3. The molecule has 19 N–H and O–H groups in total. The molecule has 20 unspecified atom stereocenters. The molecule has 4 fully saturated rings. The van der Waals surface area contributed by atoms with E-state index in [0.29, 0.717) is 56.6 Å². The lowest BCUT2D eigenvalue weighted by atomic mass is 9.99. The number of aliphatic hydroxyl groups excluding tert-OH is 16. The molecule has 0 saturated carbocycles. The van der Waals surface area contributed by atoms with Crippen molar-refractivity contribution in [3.8, 4) is 67.5 Å². The standard InChI is InChI=1S/2C25H26N2O7.C21H24O8.C20H22O8/c1-14-10-16(7-8-19(14)33-25-23(31)22(30)21(29)20(13-28)34-25)15-4-2-5-17(11-15)24(32)27-18-6-3-9-26-12-18;1-14-11-16(5-6-19(14)33-25-23(31)22(30)21(29)20(13-28)34-25)15-3-2-4-17(12-15)24(32)27-18-7-9-26-10-8-18;1-11-8-13(12-4-3-5-14(9-12)20(26)27-2)6-7-15(11)28-21-19(25)18(24)17(23)16(10-22)29-21;1-10-7-12(11-3-2-4-13(8-11)19(25)26)5-6-14(10)27-20-18(24)17(23)16(22)15(9-21)28-20/h2-12,20-23,25,28-31H,13H2,1H3,(H,27,32);2-12,20-23,25,28-31H,13H2,1H3,(H,26,27,32);3-9,16-19,21-25H,10H2,1-2H3;2-8,15-18,20-24H,9H2,1H3,(H,25,26). The first kappa shape index (κ1) is 94.0. The number of carbonyl (C=O) groups excluding carboxylic acids is 3. The van der Waals surface area contributed by atoms with Gasteiger partial charge in [-0.2, -0.15) is 0 Å². The fourth-order valence-corrected chi connectivity index (χ4v) is 13.7. The third-order valence-electron chi connectivity index (χ3n) is 20.9. The second kappa shape index (κ2) is 43.3. The molecule has 8 aromatic carbocycles. The Hall–Kier alpha value is -11.7. The number of hydrogen-bond donors (Lipinski definition) is 19. The largest absolute Gasteiger partial charge is 0.478 e. The highest BCUT2D eigenvalue weighted by Crippen LogP contribution is 2.37. The van der Waals surface area contributed by atoms with Crippen LogP contribution in [0.1, 0.15) is 63.7 Å². The van der Waals surface area contributed by atoms with Crippen molar-refractivity contribution in [1.29, 1.82) is 0 Å². The number of nitrogens with one attached hydrogen (secondary N) is 2. The molecular weight excluding hydrogens is 1630 g/mol. The smallest absolute Gasteiger partial charge is 0.337 e. The lowest BCUT2D eigenvalue weighted by molar-refractivity contribution is -0.277. The fraction of sp³-hybridized carbons (Fsp3) is 0.319. The van der Waals surface area contributed by atoms with Crippen LogP contribution >= 0.6 is 0 Å². The first-order chi connectivity index (χ1) is 59.9. The van der Waals surface area contributed by atoms with Gasteiger partial charge < -0.3 is 140 Å². The number of carboxylic acids is 1. The van der Waals surface area contributed by atoms with Gasteiger partial charge in [-0.25, -0.2) is 9.59 Å². The van der Waals surface area contributed by atoms with E-state index in [2.05, 4.69) is 20.6 Å². The summed E-state index contributed by atoms with van der Waals surface area (Å²) < 4.78 is 49.1. The van der Waals surface area contributed by atoms with E-state index in [4.69, 9.17) is 47.7 Å². The molecule has 0 bridgehead atoms. The number of amides is 2. The number of ether oxygens (including phenoxy) is 9. The van der Waals surface area contributed by atoms with E-state index in [9.17, 15) is 101 Å². The van der Waals surface area contributed by atoms with Crippen molar-refractivity contribution in [3.05, 3.63) is 263 Å². The van der Waals surface area contributed by atoms with E-state index in [-0.39, 0.29) is 17.4 Å². The molecule has 20 atom stereocenters. The van der Waals surface area contributed by atoms with Gasteiger partial charge in [-0.1, -0.05) is 72.8 Å². The number of benzene rings is 8. The Labute approximate surface area is 716 Å². The summed E-state index contributed by atoms with van der Waals surface area (Å²) in [5, 5.41) is 172. The molecule has 662 valence electrons. The number of carbonyl (C=O) groups is 4. The molecule has 0 spiro atoms. The average molecular weight is 1730 g/mol. The molecule has 4 saturated heterocycles. The van der Waals surface area contributed by atoms with Crippen molar-refractivity contribution >= 4 is 35.1 Å². The molecule has 10 aromatic rings. The molecule has 4 aliphatic heterocycles. The number of carboxylic acid groups (broad SMARTS) is 1. The molecule has 0 radical (unpaired) electrons. The molecule has 0 aliphatic carbocycles. The predicted molar refractivity (Wildman–Crippen MR) is 447 cm³/mol. The monoisotopic (exact) mass is 1730 g/mol. The van der Waals surface area contributed by atoms with Crippen LogP contribution < -0.4 is 29.6 Å². The summed E-state index contributed by atoms with van der Waals surface area (Å²) in [5.41, 5.74) is 12.2. The van der Waals surface area contributed by atoms with Crippen LogP contribution in [0.15, 0.2) is 219 Å². The minimum atomic E-state index is -1.52. The summed E-state index contributed by atoms with van der Waals surface area (Å²) >= 11 is 0. The van der Waals surface area contributed by atoms with Crippen molar-refractivity contribution in [2.24, 2.45) is 0 Å². The minimum absolute atomic E-state index is 0.178. The Balaban J connectivity index is 0.000000163. The van der Waals surface area contributed by atoms with Crippen LogP contribution in [0.2, 0.25) is 0 Å². The maximum absolute atomic E-state index is 12.6. The molecule has 2 amide bonds. The van der Waals surface area contributed by atoms with Crippen LogP contribution in [0.4, 0.5) is 11.4 Å².